The van der Waals surface area contributed by atoms with Crippen LogP contribution in [0.4, 0.5) is 17.1 Å². The number of rotatable bonds is 8. The van der Waals surface area contributed by atoms with Crippen LogP contribution in [0.2, 0.25) is 0 Å². The Kier molecular flexibility index (Phi) is 6.91. The second kappa shape index (κ2) is 16.3. The van der Waals surface area contributed by atoms with E-state index in [4.69, 9.17) is 0 Å². The first-order valence-electron chi connectivity index (χ1n) is 27.4. The van der Waals surface area contributed by atoms with Crippen molar-refractivity contribution in [2.75, 3.05) is 4.90 Å². The van der Waals surface area contributed by atoms with Crippen LogP contribution >= 0.6 is 0 Å². The summed E-state index contributed by atoms with van der Waals surface area (Å²) in [5.41, 5.74) is 2.41. The van der Waals surface area contributed by atoms with Crippen LogP contribution in [0.5, 0.6) is 0 Å². The van der Waals surface area contributed by atoms with Crippen LogP contribution in [0.1, 0.15) is 16.4 Å². The molecule has 0 spiro atoms. The van der Waals surface area contributed by atoms with Gasteiger partial charge in [0.05, 0.1) is 16.4 Å². The molecule has 1 heteroatoms. The predicted molar refractivity (Wildman–Crippen MR) is 278 cm³/mol. The molecular formula is C64H43N. The lowest BCUT2D eigenvalue weighted by atomic mass is 9.89. The van der Waals surface area contributed by atoms with Gasteiger partial charge in [-0.15, -0.1) is 0 Å². The van der Waals surface area contributed by atoms with Gasteiger partial charge in [-0.3, -0.25) is 0 Å². The van der Waals surface area contributed by atoms with Crippen LogP contribution in [0.3, 0.4) is 0 Å². The van der Waals surface area contributed by atoms with E-state index in [1.54, 1.807) is 24.3 Å². The first kappa shape index (κ1) is 27.5. The summed E-state index contributed by atoms with van der Waals surface area (Å²) in [6, 6.07) is 51.7. The van der Waals surface area contributed by atoms with Gasteiger partial charge >= 0.3 is 0 Å². The summed E-state index contributed by atoms with van der Waals surface area (Å²) in [6.07, 6.45) is 0. The monoisotopic (exact) mass is 837 g/mol. The van der Waals surface area contributed by atoms with Crippen molar-refractivity contribution in [2.45, 2.75) is 0 Å². The van der Waals surface area contributed by atoms with Crippen molar-refractivity contribution in [1.82, 2.24) is 0 Å². The molecule has 12 rings (SSSR count). The molecule has 0 aromatic heterocycles. The van der Waals surface area contributed by atoms with E-state index in [1.807, 2.05) is 164 Å². The van der Waals surface area contributed by atoms with Crippen molar-refractivity contribution < 1.29 is 16.4 Å². The third-order valence-electron chi connectivity index (χ3n) is 12.1. The maximum absolute atomic E-state index is 9.90. The molecule has 0 amide bonds. The summed E-state index contributed by atoms with van der Waals surface area (Å²) in [5, 5.41) is 7.24. The lowest BCUT2D eigenvalue weighted by molar-refractivity contribution is 1.28. The Morgan fingerprint density at radius 3 is 1.37 bits per heavy atom. The number of nitrogens with zero attached hydrogens (tertiary/aromatic N) is 1. The van der Waals surface area contributed by atoms with Crippen molar-refractivity contribution in [3.05, 3.63) is 261 Å². The van der Waals surface area contributed by atoms with E-state index in [2.05, 4.69) is 0 Å². The molecule has 0 aliphatic rings. The van der Waals surface area contributed by atoms with Crippen LogP contribution in [0.15, 0.2) is 261 Å². The molecule has 0 saturated carbocycles. The number of benzene rings is 12. The van der Waals surface area contributed by atoms with Crippen molar-refractivity contribution in [2.24, 2.45) is 0 Å². The van der Waals surface area contributed by atoms with Crippen LogP contribution in [0.25, 0.3) is 98.7 Å². The molecule has 0 saturated heterocycles. The minimum atomic E-state index is -0.680. The molecular weight excluding hydrogens is 783 g/mol. The third kappa shape index (κ3) is 7.10. The Balaban J connectivity index is 1.10. The molecule has 0 fully saturated rings. The molecule has 1 nitrogen and oxygen atoms in total. The Hall–Kier alpha value is -8.52. The number of hydrogen-bond acceptors (Lipinski definition) is 1. The first-order valence-corrected chi connectivity index (χ1v) is 21.4. The number of hydrogen-bond donors (Lipinski definition) is 0. The van der Waals surface area contributed by atoms with Crippen molar-refractivity contribution in [3.8, 4) is 55.6 Å². The molecule has 0 bridgehead atoms. The highest BCUT2D eigenvalue weighted by Gasteiger charge is 2.17. The summed E-state index contributed by atoms with van der Waals surface area (Å²) >= 11 is 0. The fourth-order valence-corrected chi connectivity index (χ4v) is 8.86. The van der Waals surface area contributed by atoms with Crippen molar-refractivity contribution in [3.63, 3.8) is 0 Å². The highest BCUT2D eigenvalue weighted by molar-refractivity contribution is 6.09. The second-order valence-electron chi connectivity index (χ2n) is 15.9. The largest absolute Gasteiger partial charge is 0.311 e. The molecule has 0 aliphatic heterocycles. The van der Waals surface area contributed by atoms with E-state index in [9.17, 15) is 16.4 Å². The second-order valence-corrected chi connectivity index (χ2v) is 15.9. The normalized spacial score (nSPS) is 14.0. The zero-order chi connectivity index (χ0) is 53.6. The third-order valence-corrected chi connectivity index (χ3v) is 12.1. The zero-order valence-electron chi connectivity index (χ0n) is 46.8. The van der Waals surface area contributed by atoms with Gasteiger partial charge in [-0.2, -0.15) is 0 Å². The summed E-state index contributed by atoms with van der Waals surface area (Å²) in [6.45, 7) is 0. The summed E-state index contributed by atoms with van der Waals surface area (Å²) in [5.74, 6) is 0. The smallest absolute Gasteiger partial charge is 0.0645 e. The SMILES string of the molecule is [2H]c1c([2H])c(N(c2c([2H])c([2H])c(-c3ccc4c(ccc5ccccc54)c3)c([2H])c2[2H])c2c([2H])c([2H])c(-c3c(-c4ccccc4)ccc4ccccc34)c([2H])c2[2H])c([2H])c([2H])c1-c1ccc(-c2cccc3ccccc23)cc1. The molecule has 0 unspecified atom stereocenters. The first-order chi connectivity index (χ1) is 37.2. The molecule has 0 N–H and O–H groups in total. The van der Waals surface area contributed by atoms with E-state index in [0.717, 1.165) is 59.3 Å². The van der Waals surface area contributed by atoms with Gasteiger partial charge in [0.2, 0.25) is 0 Å². The topological polar surface area (TPSA) is 3.24 Å². The van der Waals surface area contributed by atoms with Crippen LogP contribution < -0.4 is 4.90 Å². The van der Waals surface area contributed by atoms with E-state index in [-0.39, 0.29) is 16.7 Å². The highest BCUT2D eigenvalue weighted by Crippen LogP contribution is 2.42. The molecule has 12 aromatic carbocycles. The molecule has 304 valence electrons. The summed E-state index contributed by atoms with van der Waals surface area (Å²) in [7, 11) is 0. The summed E-state index contributed by atoms with van der Waals surface area (Å²) in [4.78, 5) is 0.872. The minimum Gasteiger partial charge on any atom is -0.311 e. The van der Waals surface area contributed by atoms with Gasteiger partial charge in [-0.1, -0.05) is 218 Å². The van der Waals surface area contributed by atoms with Gasteiger partial charge in [0.25, 0.3) is 0 Å². The Bertz CT molecular complexity index is 4330. The van der Waals surface area contributed by atoms with Gasteiger partial charge in [0.15, 0.2) is 0 Å². The van der Waals surface area contributed by atoms with E-state index in [1.165, 1.54) is 0 Å². The number of anilines is 3. The van der Waals surface area contributed by atoms with Crippen molar-refractivity contribution in [1.29, 1.82) is 0 Å². The molecule has 0 atom stereocenters. The molecule has 12 aromatic rings. The fourth-order valence-electron chi connectivity index (χ4n) is 8.86. The van der Waals surface area contributed by atoms with E-state index in [0.29, 0.717) is 27.6 Å². The van der Waals surface area contributed by atoms with E-state index < -0.39 is 89.6 Å². The number of fused-ring (bicyclic) bond motifs is 5. The molecule has 0 radical (unpaired) electrons. The van der Waals surface area contributed by atoms with Gasteiger partial charge < -0.3 is 4.90 Å². The minimum absolute atomic E-state index is 0.0554. The van der Waals surface area contributed by atoms with Crippen LogP contribution in [-0.2, 0) is 0 Å². The Morgan fingerprint density at radius 1 is 0.246 bits per heavy atom. The van der Waals surface area contributed by atoms with Gasteiger partial charge in [0.1, 0.15) is 0 Å². The molecule has 65 heavy (non-hydrogen) atoms. The van der Waals surface area contributed by atoms with E-state index >= 15 is 0 Å². The zero-order valence-corrected chi connectivity index (χ0v) is 34.8. The van der Waals surface area contributed by atoms with Gasteiger partial charge in [0, 0.05) is 17.1 Å². The average molecular weight is 838 g/mol. The lowest BCUT2D eigenvalue weighted by Crippen LogP contribution is -2.09. The maximum Gasteiger partial charge on any atom is 0.0645 e. The highest BCUT2D eigenvalue weighted by atomic mass is 15.1. The fraction of sp³-hybridized carbons (Fsp3) is 0. The van der Waals surface area contributed by atoms with Gasteiger partial charge in [-0.25, -0.2) is 0 Å². The maximum atomic E-state index is 9.90. The van der Waals surface area contributed by atoms with Gasteiger partial charge in [-0.05, 0) is 141 Å². The van der Waals surface area contributed by atoms with Crippen LogP contribution in [0, 0.1) is 0 Å². The summed E-state index contributed by atoms with van der Waals surface area (Å²) < 4.78 is 117. The van der Waals surface area contributed by atoms with Crippen LogP contribution in [-0.4, -0.2) is 0 Å². The predicted octanol–water partition coefficient (Wildman–Crippen LogP) is 18.1. The Labute approximate surface area is 396 Å². The van der Waals surface area contributed by atoms with Crippen molar-refractivity contribution >= 4 is 60.2 Å². The molecule has 0 heterocycles. The standard InChI is InChI=1S/C64H43N/c1-2-11-48(12-3-1)63-42-33-50-15-6-9-19-62(50)64(63)52-31-39-57(40-32-52)65(56-37-29-46(30-38-56)53-34-41-61-54(43-53)26-25-49-14-5-8-18-59(49)61)55-35-27-45(28-36-55)44-21-23-51(24-22-44)60-20-10-16-47-13-4-7-17-58(47)60/h1-43H/i27D,28D,29D,30D,31D,32D,35D,36D,37D,38D,39D,40D. The molecule has 0 aliphatic carbocycles. The lowest BCUT2D eigenvalue weighted by Gasteiger charge is -2.26. The Morgan fingerprint density at radius 2 is 0.692 bits per heavy atom. The average Bonchev–Trinajstić information content (AvgIpc) is 3.53. The quantitative estimate of drug-likeness (QED) is 0.138.